The molecule has 116 valence electrons. The van der Waals surface area contributed by atoms with Gasteiger partial charge in [0.15, 0.2) is 0 Å². The minimum absolute atomic E-state index is 0.0948. The number of imidazole rings is 1. The zero-order valence-electron chi connectivity index (χ0n) is 11.8. The largest absolute Gasteiger partial charge is 0.481 e. The number of urea groups is 1. The van der Waals surface area contributed by atoms with Gasteiger partial charge < -0.3 is 24.6 Å². The molecule has 2 rings (SSSR count). The summed E-state index contributed by atoms with van der Waals surface area (Å²) in [6.45, 7) is 2.45. The molecule has 2 N–H and O–H groups in total. The second-order valence-electron chi connectivity index (χ2n) is 4.91. The van der Waals surface area contributed by atoms with Crippen LogP contribution in [0.1, 0.15) is 12.8 Å². The molecule has 1 aliphatic rings. The van der Waals surface area contributed by atoms with Crippen LogP contribution in [-0.2, 0) is 16.1 Å². The highest BCUT2D eigenvalue weighted by Crippen LogP contribution is 2.10. The van der Waals surface area contributed by atoms with Crippen LogP contribution in [0.3, 0.4) is 0 Å². The van der Waals surface area contributed by atoms with Crippen LogP contribution in [0.5, 0.6) is 0 Å². The molecule has 8 heteroatoms. The highest BCUT2D eigenvalue weighted by molar-refractivity contribution is 5.76. The summed E-state index contributed by atoms with van der Waals surface area (Å²) in [6, 6.07) is -0.625. The van der Waals surface area contributed by atoms with Gasteiger partial charge in [-0.15, -0.1) is 0 Å². The predicted molar refractivity (Wildman–Crippen MR) is 73.8 cm³/mol. The molecule has 0 saturated carbocycles. The van der Waals surface area contributed by atoms with Gasteiger partial charge in [-0.1, -0.05) is 0 Å². The number of ether oxygens (including phenoxy) is 1. The lowest BCUT2D eigenvalue weighted by Gasteiger charge is -2.34. The zero-order chi connectivity index (χ0) is 15.1. The Hall–Kier alpha value is -2.09. The van der Waals surface area contributed by atoms with Gasteiger partial charge in [-0.25, -0.2) is 9.78 Å². The molecule has 1 atom stereocenters. The molecule has 8 nitrogen and oxygen atoms in total. The topological polar surface area (TPSA) is 96.7 Å². The van der Waals surface area contributed by atoms with E-state index >= 15 is 0 Å². The van der Waals surface area contributed by atoms with E-state index in [1.165, 1.54) is 0 Å². The van der Waals surface area contributed by atoms with Gasteiger partial charge >= 0.3 is 12.0 Å². The van der Waals surface area contributed by atoms with Crippen molar-refractivity contribution >= 4 is 12.0 Å². The Morgan fingerprint density at radius 1 is 1.48 bits per heavy atom. The number of aliphatic carboxylic acids is 1. The molecule has 1 aliphatic heterocycles. The highest BCUT2D eigenvalue weighted by atomic mass is 16.5. The summed E-state index contributed by atoms with van der Waals surface area (Å²) in [6.07, 6.45) is 6.00. The molecular formula is C13H20N4O4. The molecule has 1 fully saturated rings. The maximum absolute atomic E-state index is 12.1. The third kappa shape index (κ3) is 4.75. The summed E-state index contributed by atoms with van der Waals surface area (Å²) >= 11 is 0. The maximum Gasteiger partial charge on any atom is 0.317 e. The van der Waals surface area contributed by atoms with Crippen molar-refractivity contribution in [2.75, 3.05) is 26.3 Å². The first kappa shape index (κ1) is 15.3. The lowest BCUT2D eigenvalue weighted by Crippen LogP contribution is -2.53. The number of morpholine rings is 1. The van der Waals surface area contributed by atoms with Crippen molar-refractivity contribution in [2.45, 2.75) is 25.4 Å². The zero-order valence-corrected chi connectivity index (χ0v) is 11.8. The Balaban J connectivity index is 1.73. The van der Waals surface area contributed by atoms with E-state index in [9.17, 15) is 9.59 Å². The molecule has 2 heterocycles. The van der Waals surface area contributed by atoms with Crippen molar-refractivity contribution in [1.29, 1.82) is 0 Å². The van der Waals surface area contributed by atoms with Gasteiger partial charge in [-0.2, -0.15) is 0 Å². The van der Waals surface area contributed by atoms with E-state index in [0.29, 0.717) is 19.7 Å². The molecule has 0 aromatic carbocycles. The fraction of sp³-hybridized carbons (Fsp3) is 0.615. The molecule has 21 heavy (non-hydrogen) atoms. The Morgan fingerprint density at radius 2 is 2.33 bits per heavy atom. The smallest absolute Gasteiger partial charge is 0.317 e. The van der Waals surface area contributed by atoms with Gasteiger partial charge in [0.25, 0.3) is 0 Å². The van der Waals surface area contributed by atoms with Crippen LogP contribution in [0, 0.1) is 0 Å². The molecular weight excluding hydrogens is 276 g/mol. The fourth-order valence-electron chi connectivity index (χ4n) is 2.27. The summed E-state index contributed by atoms with van der Waals surface area (Å²) in [5, 5.41) is 11.7. The normalized spacial score (nSPS) is 18.5. The van der Waals surface area contributed by atoms with E-state index in [2.05, 4.69) is 10.3 Å². The van der Waals surface area contributed by atoms with Crippen molar-refractivity contribution in [1.82, 2.24) is 19.8 Å². The molecule has 1 aromatic heterocycles. The average Bonchev–Trinajstić information content (AvgIpc) is 2.96. The number of nitrogens with one attached hydrogen (secondary N) is 1. The molecule has 0 spiro atoms. The van der Waals surface area contributed by atoms with Crippen LogP contribution in [0.15, 0.2) is 18.7 Å². The minimum atomic E-state index is -0.927. The Bertz CT molecular complexity index is 463. The monoisotopic (exact) mass is 296 g/mol. The van der Waals surface area contributed by atoms with E-state index in [4.69, 9.17) is 9.84 Å². The molecule has 1 saturated heterocycles. The van der Waals surface area contributed by atoms with Crippen molar-refractivity contribution in [3.05, 3.63) is 18.7 Å². The number of carbonyl (C=O) groups is 2. The van der Waals surface area contributed by atoms with Crippen LogP contribution in [-0.4, -0.2) is 63.9 Å². The molecule has 1 unspecified atom stereocenters. The molecule has 2 amide bonds. The predicted octanol–water partition coefficient (Wildman–Crippen LogP) is 0.158. The third-order valence-electron chi connectivity index (χ3n) is 3.33. The average molecular weight is 296 g/mol. The fourth-order valence-corrected chi connectivity index (χ4v) is 2.27. The van der Waals surface area contributed by atoms with Gasteiger partial charge in [-0.05, 0) is 6.42 Å². The number of aromatic nitrogens is 2. The Morgan fingerprint density at radius 3 is 3.05 bits per heavy atom. The summed E-state index contributed by atoms with van der Waals surface area (Å²) in [4.78, 5) is 28.4. The summed E-state index contributed by atoms with van der Waals surface area (Å²) < 4.78 is 7.18. The SMILES string of the molecule is O=C(O)CC1COCCN1C(=O)NCCCn1ccnc1. The van der Waals surface area contributed by atoms with Gasteiger partial charge in [0, 0.05) is 32.0 Å². The number of rotatable bonds is 6. The van der Waals surface area contributed by atoms with E-state index in [1.807, 2.05) is 10.8 Å². The quantitative estimate of drug-likeness (QED) is 0.729. The second kappa shape index (κ2) is 7.63. The van der Waals surface area contributed by atoms with Crippen LogP contribution in [0.25, 0.3) is 0 Å². The van der Waals surface area contributed by atoms with E-state index < -0.39 is 12.0 Å². The number of amides is 2. The third-order valence-corrected chi connectivity index (χ3v) is 3.33. The van der Waals surface area contributed by atoms with E-state index in [1.54, 1.807) is 17.4 Å². The van der Waals surface area contributed by atoms with E-state index in [0.717, 1.165) is 13.0 Å². The molecule has 0 bridgehead atoms. The number of carboxylic acid groups (broad SMARTS) is 1. The van der Waals surface area contributed by atoms with Crippen LogP contribution in [0.4, 0.5) is 4.79 Å². The van der Waals surface area contributed by atoms with Crippen molar-refractivity contribution in [2.24, 2.45) is 0 Å². The second-order valence-corrected chi connectivity index (χ2v) is 4.91. The number of aryl methyl sites for hydroxylation is 1. The first-order valence-corrected chi connectivity index (χ1v) is 6.96. The first-order chi connectivity index (χ1) is 10.2. The highest BCUT2D eigenvalue weighted by Gasteiger charge is 2.28. The van der Waals surface area contributed by atoms with Gasteiger partial charge in [0.2, 0.25) is 0 Å². The lowest BCUT2D eigenvalue weighted by molar-refractivity contribution is -0.139. The molecule has 1 aromatic rings. The number of nitrogens with zero attached hydrogens (tertiary/aromatic N) is 3. The van der Waals surface area contributed by atoms with Crippen molar-refractivity contribution in [3.8, 4) is 0 Å². The molecule has 0 aliphatic carbocycles. The number of carbonyl (C=O) groups excluding carboxylic acids is 1. The number of carboxylic acids is 1. The van der Waals surface area contributed by atoms with Crippen LogP contribution >= 0.6 is 0 Å². The molecule has 0 radical (unpaired) electrons. The Labute approximate surface area is 122 Å². The summed E-state index contributed by atoms with van der Waals surface area (Å²) in [5.41, 5.74) is 0. The lowest BCUT2D eigenvalue weighted by atomic mass is 10.1. The number of hydrogen-bond acceptors (Lipinski definition) is 4. The number of hydrogen-bond donors (Lipinski definition) is 2. The Kier molecular flexibility index (Phi) is 5.56. The van der Waals surface area contributed by atoms with Gasteiger partial charge in [0.1, 0.15) is 0 Å². The minimum Gasteiger partial charge on any atom is -0.481 e. The summed E-state index contributed by atoms with van der Waals surface area (Å²) in [5.74, 6) is -0.927. The van der Waals surface area contributed by atoms with Crippen LogP contribution < -0.4 is 5.32 Å². The standard InChI is InChI=1S/C13H20N4O4/c18-12(19)8-11-9-21-7-6-17(11)13(20)15-2-1-4-16-5-3-14-10-16/h3,5,10-11H,1-2,4,6-9H2,(H,15,20)(H,18,19). The van der Waals surface area contributed by atoms with Gasteiger partial charge in [0.05, 0.1) is 32.0 Å². The summed E-state index contributed by atoms with van der Waals surface area (Å²) in [7, 11) is 0. The van der Waals surface area contributed by atoms with Crippen molar-refractivity contribution < 1.29 is 19.4 Å². The van der Waals surface area contributed by atoms with Gasteiger partial charge in [-0.3, -0.25) is 4.79 Å². The van der Waals surface area contributed by atoms with Crippen LogP contribution in [0.2, 0.25) is 0 Å². The van der Waals surface area contributed by atoms with Crippen molar-refractivity contribution in [3.63, 3.8) is 0 Å². The first-order valence-electron chi connectivity index (χ1n) is 6.96. The van der Waals surface area contributed by atoms with E-state index in [-0.39, 0.29) is 19.1 Å². The maximum atomic E-state index is 12.1.